The summed E-state index contributed by atoms with van der Waals surface area (Å²) in [7, 11) is 0. The van der Waals surface area contributed by atoms with Gasteiger partial charge in [-0.3, -0.25) is 24.4 Å². The van der Waals surface area contributed by atoms with Gasteiger partial charge in [0.25, 0.3) is 17.7 Å². The summed E-state index contributed by atoms with van der Waals surface area (Å²) < 4.78 is 27.0. The molecule has 2 aliphatic heterocycles. The number of carboxylic acids is 1. The molecule has 3 amide bonds. The zero-order valence-electron chi connectivity index (χ0n) is 40.6. The number of carbonyl (C=O) groups is 4. The van der Waals surface area contributed by atoms with Crippen molar-refractivity contribution in [2.24, 2.45) is 32.7 Å². The van der Waals surface area contributed by atoms with E-state index in [2.05, 4.69) is 46.9 Å². The number of benzene rings is 4. The largest absolute Gasteiger partial charge is 0.478 e. The molecule has 0 unspecified atom stereocenters. The standard InChI is InChI=1S/C28H34FN3O2.C26H29FN2O3.CO2.CH4/c1-5-30-25(33)21-8-6-19(7-9-21)18-32-26(34)24(20-10-12-23(29)13-11-20)31-28(32)16-14-22(15-17-28)27(2,3)4;1-25(2,3)20-12-14-26(15-13-20)28-22(18-8-10-21(27)11-9-18)23(30)29(26)16-17-4-6-19(7-5-17)24(31)32;2-1-3;/h6-13,22H,5,14-18H2,1-4H3,(H,30,33);4-11,20H,12-16H2,1-3H3,(H,31,32);;1H4. The van der Waals surface area contributed by atoms with Crippen LogP contribution in [0.5, 0.6) is 0 Å². The van der Waals surface area contributed by atoms with Crippen LogP contribution in [0.4, 0.5) is 8.78 Å². The van der Waals surface area contributed by atoms with Crippen molar-refractivity contribution in [1.29, 1.82) is 0 Å². The summed E-state index contributed by atoms with van der Waals surface area (Å²) in [6.45, 7) is 16.8. The van der Waals surface area contributed by atoms with Crippen molar-refractivity contribution in [2.75, 3.05) is 6.54 Å². The van der Waals surface area contributed by atoms with Gasteiger partial charge in [0.15, 0.2) is 0 Å². The Kier molecular flexibility index (Phi) is 17.4. The topological polar surface area (TPSA) is 166 Å². The van der Waals surface area contributed by atoms with Crippen LogP contribution in [0, 0.1) is 34.3 Å². The molecule has 0 saturated heterocycles. The van der Waals surface area contributed by atoms with Gasteiger partial charge in [-0.15, -0.1) is 0 Å². The van der Waals surface area contributed by atoms with Gasteiger partial charge in [0.2, 0.25) is 0 Å². The fourth-order valence-electron chi connectivity index (χ4n) is 10.1. The van der Waals surface area contributed by atoms with Crippen molar-refractivity contribution < 1.29 is 42.7 Å². The molecule has 4 aliphatic rings. The van der Waals surface area contributed by atoms with Crippen LogP contribution < -0.4 is 5.32 Å². The van der Waals surface area contributed by atoms with E-state index in [1.165, 1.54) is 24.3 Å². The number of amides is 3. The van der Waals surface area contributed by atoms with E-state index >= 15 is 0 Å². The van der Waals surface area contributed by atoms with Gasteiger partial charge >= 0.3 is 12.1 Å². The van der Waals surface area contributed by atoms with Crippen molar-refractivity contribution in [3.05, 3.63) is 142 Å². The Balaban J connectivity index is 0.000000244. The summed E-state index contributed by atoms with van der Waals surface area (Å²) >= 11 is 0. The molecule has 2 fully saturated rings. The molecule has 0 bridgehead atoms. The quantitative estimate of drug-likeness (QED) is 0.168. The van der Waals surface area contributed by atoms with Gasteiger partial charge in [0.05, 0.1) is 5.56 Å². The molecule has 2 N–H and O–H groups in total. The number of aromatic carboxylic acids is 1. The van der Waals surface area contributed by atoms with E-state index in [-0.39, 0.29) is 59.3 Å². The highest BCUT2D eigenvalue weighted by Crippen LogP contribution is 2.48. The van der Waals surface area contributed by atoms with E-state index in [9.17, 15) is 28.0 Å². The maximum absolute atomic E-state index is 13.6. The molecule has 4 aromatic carbocycles. The Morgan fingerprint density at radius 1 is 0.629 bits per heavy atom. The molecule has 70 heavy (non-hydrogen) atoms. The first-order chi connectivity index (χ1) is 32.6. The number of halogens is 2. The molecular formula is C56H67F2N5O7. The Morgan fingerprint density at radius 2 is 0.957 bits per heavy atom. The summed E-state index contributed by atoms with van der Waals surface area (Å²) in [4.78, 5) is 80.4. The van der Waals surface area contributed by atoms with Crippen molar-refractivity contribution in [3.8, 4) is 0 Å². The summed E-state index contributed by atoms with van der Waals surface area (Å²) in [6, 6.07) is 25.9. The monoisotopic (exact) mass is 960 g/mol. The van der Waals surface area contributed by atoms with Crippen molar-refractivity contribution in [3.63, 3.8) is 0 Å². The second-order valence-electron chi connectivity index (χ2n) is 20.6. The molecular weight excluding hydrogens is 893 g/mol. The summed E-state index contributed by atoms with van der Waals surface area (Å²) in [5.74, 6) is -0.907. The molecule has 2 spiro atoms. The van der Waals surface area contributed by atoms with Crippen LogP contribution in [0.15, 0.2) is 107 Å². The molecule has 4 aromatic rings. The first-order valence-corrected chi connectivity index (χ1v) is 23.7. The lowest BCUT2D eigenvalue weighted by Crippen LogP contribution is -2.49. The second kappa shape index (κ2) is 22.4. The number of rotatable bonds is 9. The molecule has 2 aliphatic carbocycles. The highest BCUT2D eigenvalue weighted by atomic mass is 19.1. The van der Waals surface area contributed by atoms with Crippen LogP contribution in [-0.4, -0.2) is 74.0 Å². The van der Waals surface area contributed by atoms with E-state index in [4.69, 9.17) is 24.7 Å². The van der Waals surface area contributed by atoms with Gasteiger partial charge in [0, 0.05) is 36.3 Å². The fourth-order valence-corrected chi connectivity index (χ4v) is 10.1. The molecule has 14 heteroatoms. The van der Waals surface area contributed by atoms with Crippen molar-refractivity contribution >= 4 is 41.3 Å². The Hall–Kier alpha value is -6.66. The lowest BCUT2D eigenvalue weighted by Gasteiger charge is -2.45. The minimum Gasteiger partial charge on any atom is -0.478 e. The van der Waals surface area contributed by atoms with Gasteiger partial charge in [0.1, 0.15) is 34.4 Å². The number of nitrogens with zero attached hydrogens (tertiary/aromatic N) is 4. The lowest BCUT2D eigenvalue weighted by atomic mass is 9.69. The second-order valence-corrected chi connectivity index (χ2v) is 20.6. The Bertz CT molecular complexity index is 2580. The molecule has 2 heterocycles. The number of nitrogens with one attached hydrogen (secondary N) is 1. The smallest absolute Gasteiger partial charge is 0.373 e. The minimum absolute atomic E-state index is 0. The molecule has 0 aromatic heterocycles. The number of hydrogen-bond donors (Lipinski definition) is 2. The summed E-state index contributed by atoms with van der Waals surface area (Å²) in [5, 5.41) is 12.0. The summed E-state index contributed by atoms with van der Waals surface area (Å²) in [6.07, 6.45) is 7.38. The maximum atomic E-state index is 13.6. The molecule has 0 radical (unpaired) electrons. The molecule has 372 valence electrons. The van der Waals surface area contributed by atoms with Crippen molar-refractivity contribution in [2.45, 2.75) is 132 Å². The number of carboxylic acid groups (broad SMARTS) is 1. The highest BCUT2D eigenvalue weighted by molar-refractivity contribution is 6.47. The first-order valence-electron chi connectivity index (χ1n) is 23.7. The van der Waals surface area contributed by atoms with E-state index in [1.54, 1.807) is 60.7 Å². The predicted octanol–water partition coefficient (Wildman–Crippen LogP) is 10.7. The summed E-state index contributed by atoms with van der Waals surface area (Å²) in [5.41, 5.74) is 3.90. The third kappa shape index (κ3) is 12.4. The van der Waals surface area contributed by atoms with Crippen molar-refractivity contribution in [1.82, 2.24) is 15.1 Å². The highest BCUT2D eigenvalue weighted by Gasteiger charge is 2.51. The van der Waals surface area contributed by atoms with Crippen LogP contribution in [0.25, 0.3) is 0 Å². The van der Waals surface area contributed by atoms with Gasteiger partial charge in [-0.1, -0.05) is 73.2 Å². The molecule has 8 rings (SSSR count). The Labute approximate surface area is 410 Å². The average molecular weight is 960 g/mol. The molecule has 0 atom stereocenters. The van der Waals surface area contributed by atoms with Crippen LogP contribution in [-0.2, 0) is 32.3 Å². The molecule has 12 nitrogen and oxygen atoms in total. The van der Waals surface area contributed by atoms with E-state index < -0.39 is 17.3 Å². The van der Waals surface area contributed by atoms with Gasteiger partial charge in [-0.2, -0.15) is 9.59 Å². The zero-order chi connectivity index (χ0) is 50.3. The number of hydrogen-bond acceptors (Lipinski definition) is 8. The maximum Gasteiger partial charge on any atom is 0.373 e. The first kappa shape index (κ1) is 54.3. The minimum atomic E-state index is -0.979. The molecule has 2 saturated carbocycles. The van der Waals surface area contributed by atoms with Crippen LogP contribution in [0.3, 0.4) is 0 Å². The Morgan fingerprint density at radius 3 is 1.26 bits per heavy atom. The van der Waals surface area contributed by atoms with Crippen LogP contribution in [0.1, 0.15) is 150 Å². The van der Waals surface area contributed by atoms with Gasteiger partial charge in [-0.05, 0) is 165 Å². The zero-order valence-corrected chi connectivity index (χ0v) is 40.6. The van der Waals surface area contributed by atoms with E-state index in [0.29, 0.717) is 59.6 Å². The van der Waals surface area contributed by atoms with Crippen LogP contribution >= 0.6 is 0 Å². The van der Waals surface area contributed by atoms with Gasteiger partial charge in [-0.25, -0.2) is 13.6 Å². The van der Waals surface area contributed by atoms with Crippen LogP contribution in [0.2, 0.25) is 0 Å². The fraction of sp³-hybridized carbons (Fsp3) is 0.446. The SMILES string of the molecule is C.CC(C)(C)C1CCC2(CC1)N=C(c1ccc(F)cc1)C(=O)N2Cc1ccc(C(=O)O)cc1.CCNC(=O)c1ccc(CN2C(=O)C(c3ccc(F)cc3)=NC23CCC(C(C)(C)C)CC3)cc1.O=C=O. The number of carbonyl (C=O) groups excluding carboxylic acids is 5. The van der Waals surface area contributed by atoms with Gasteiger partial charge < -0.3 is 20.2 Å². The van der Waals surface area contributed by atoms with E-state index in [1.807, 2.05) is 28.9 Å². The lowest BCUT2D eigenvalue weighted by molar-refractivity contribution is -0.191. The third-order valence-electron chi connectivity index (χ3n) is 14.2. The average Bonchev–Trinajstić information content (AvgIpc) is 3.72. The normalized spacial score (nSPS) is 21.9. The third-order valence-corrected chi connectivity index (χ3v) is 14.2. The van der Waals surface area contributed by atoms with E-state index in [0.717, 1.165) is 62.5 Å². The predicted molar refractivity (Wildman–Crippen MR) is 265 cm³/mol. The number of aliphatic imine (C=N–C) groups is 2.